The van der Waals surface area contributed by atoms with Crippen LogP contribution in [0.3, 0.4) is 0 Å². The second-order valence-electron chi connectivity index (χ2n) is 3.80. The van der Waals surface area contributed by atoms with Gasteiger partial charge in [0, 0.05) is 18.7 Å². The van der Waals surface area contributed by atoms with E-state index in [-0.39, 0.29) is 0 Å². The summed E-state index contributed by atoms with van der Waals surface area (Å²) < 4.78 is 5.46. The van der Waals surface area contributed by atoms with E-state index in [0.29, 0.717) is 0 Å². The largest absolute Gasteiger partial charge is 0.493 e. The molecule has 0 spiro atoms. The third-order valence-corrected chi connectivity index (χ3v) is 2.62. The number of fused-ring (bicyclic) bond motifs is 1. The summed E-state index contributed by atoms with van der Waals surface area (Å²) >= 11 is 0. The van der Waals surface area contributed by atoms with E-state index in [4.69, 9.17) is 4.74 Å². The maximum absolute atomic E-state index is 5.46. The first-order valence-corrected chi connectivity index (χ1v) is 5.54. The summed E-state index contributed by atoms with van der Waals surface area (Å²) in [6.45, 7) is 2.90. The van der Waals surface area contributed by atoms with Crippen molar-refractivity contribution in [3.05, 3.63) is 23.8 Å². The van der Waals surface area contributed by atoms with Gasteiger partial charge in [-0.05, 0) is 43.8 Å². The first kappa shape index (κ1) is 10.3. The SMILES string of the molecule is CNCCCNc1ccc2c(c1)CCO2. The molecule has 1 aliphatic rings. The average Bonchev–Trinajstić information content (AvgIpc) is 2.71. The molecule has 0 saturated heterocycles. The van der Waals surface area contributed by atoms with Crippen molar-refractivity contribution in [3.8, 4) is 5.75 Å². The maximum atomic E-state index is 5.46. The monoisotopic (exact) mass is 206 g/mol. The van der Waals surface area contributed by atoms with Gasteiger partial charge >= 0.3 is 0 Å². The van der Waals surface area contributed by atoms with Crippen LogP contribution in [0.4, 0.5) is 5.69 Å². The molecule has 0 atom stereocenters. The van der Waals surface area contributed by atoms with Crippen molar-refractivity contribution >= 4 is 5.69 Å². The van der Waals surface area contributed by atoms with Crippen molar-refractivity contribution < 1.29 is 4.74 Å². The van der Waals surface area contributed by atoms with Crippen LogP contribution in [0.1, 0.15) is 12.0 Å². The second kappa shape index (κ2) is 5.03. The molecule has 0 unspecified atom stereocenters. The molecule has 1 aromatic rings. The number of hydrogen-bond acceptors (Lipinski definition) is 3. The first-order chi connectivity index (χ1) is 7.40. The zero-order valence-corrected chi connectivity index (χ0v) is 9.18. The van der Waals surface area contributed by atoms with Gasteiger partial charge in [0.1, 0.15) is 5.75 Å². The van der Waals surface area contributed by atoms with E-state index in [0.717, 1.165) is 38.3 Å². The predicted octanol–water partition coefficient (Wildman–Crippen LogP) is 1.64. The second-order valence-corrected chi connectivity index (χ2v) is 3.80. The van der Waals surface area contributed by atoms with E-state index in [1.807, 2.05) is 7.05 Å². The quantitative estimate of drug-likeness (QED) is 0.719. The summed E-state index contributed by atoms with van der Waals surface area (Å²) in [5.74, 6) is 1.05. The van der Waals surface area contributed by atoms with Gasteiger partial charge in [0.15, 0.2) is 0 Å². The molecule has 0 radical (unpaired) electrons. The molecular formula is C12H18N2O. The highest BCUT2D eigenvalue weighted by atomic mass is 16.5. The highest BCUT2D eigenvalue weighted by molar-refractivity contribution is 5.52. The molecule has 0 saturated carbocycles. The van der Waals surface area contributed by atoms with Crippen LogP contribution in [0.15, 0.2) is 18.2 Å². The lowest BCUT2D eigenvalue weighted by Crippen LogP contribution is -2.12. The summed E-state index contributed by atoms with van der Waals surface area (Å²) in [6.07, 6.45) is 2.19. The summed E-state index contributed by atoms with van der Waals surface area (Å²) in [6, 6.07) is 6.34. The number of nitrogens with one attached hydrogen (secondary N) is 2. The predicted molar refractivity (Wildman–Crippen MR) is 62.7 cm³/mol. The van der Waals surface area contributed by atoms with Gasteiger partial charge in [0.25, 0.3) is 0 Å². The van der Waals surface area contributed by atoms with Crippen LogP contribution in [0, 0.1) is 0 Å². The third kappa shape index (κ3) is 2.63. The van der Waals surface area contributed by atoms with E-state index in [9.17, 15) is 0 Å². The summed E-state index contributed by atoms with van der Waals surface area (Å²) in [5.41, 5.74) is 2.53. The summed E-state index contributed by atoms with van der Waals surface area (Å²) in [4.78, 5) is 0. The Hall–Kier alpha value is -1.22. The van der Waals surface area contributed by atoms with E-state index in [1.165, 1.54) is 11.3 Å². The Morgan fingerprint density at radius 2 is 2.27 bits per heavy atom. The molecule has 82 valence electrons. The third-order valence-electron chi connectivity index (χ3n) is 2.62. The molecule has 2 rings (SSSR count). The number of anilines is 1. The first-order valence-electron chi connectivity index (χ1n) is 5.54. The lowest BCUT2D eigenvalue weighted by atomic mass is 10.1. The lowest BCUT2D eigenvalue weighted by molar-refractivity contribution is 0.357. The fourth-order valence-corrected chi connectivity index (χ4v) is 1.79. The normalized spacial score (nSPS) is 13.4. The van der Waals surface area contributed by atoms with E-state index < -0.39 is 0 Å². The zero-order valence-electron chi connectivity index (χ0n) is 9.18. The minimum Gasteiger partial charge on any atom is -0.493 e. The van der Waals surface area contributed by atoms with Gasteiger partial charge in [-0.3, -0.25) is 0 Å². The Balaban J connectivity index is 1.87. The molecular weight excluding hydrogens is 188 g/mol. The fourth-order valence-electron chi connectivity index (χ4n) is 1.79. The van der Waals surface area contributed by atoms with Gasteiger partial charge in [0.2, 0.25) is 0 Å². The number of hydrogen-bond donors (Lipinski definition) is 2. The molecule has 15 heavy (non-hydrogen) atoms. The molecule has 3 nitrogen and oxygen atoms in total. The van der Waals surface area contributed by atoms with E-state index in [2.05, 4.69) is 28.8 Å². The summed E-state index contributed by atoms with van der Waals surface area (Å²) in [7, 11) is 1.98. The van der Waals surface area contributed by atoms with Crippen molar-refractivity contribution in [2.24, 2.45) is 0 Å². The minimum atomic E-state index is 0.832. The van der Waals surface area contributed by atoms with Crippen LogP contribution in [0.25, 0.3) is 0 Å². The summed E-state index contributed by atoms with van der Waals surface area (Å²) in [5, 5.41) is 6.55. The molecule has 0 fully saturated rings. The maximum Gasteiger partial charge on any atom is 0.122 e. The van der Waals surface area contributed by atoms with Gasteiger partial charge < -0.3 is 15.4 Å². The smallest absolute Gasteiger partial charge is 0.122 e. The van der Waals surface area contributed by atoms with Crippen LogP contribution >= 0.6 is 0 Å². The standard InChI is InChI=1S/C12H18N2O/c1-13-6-2-7-14-11-3-4-12-10(9-11)5-8-15-12/h3-4,9,13-14H,2,5-8H2,1H3. The molecule has 1 aliphatic heterocycles. The minimum absolute atomic E-state index is 0.832. The average molecular weight is 206 g/mol. The van der Waals surface area contributed by atoms with Gasteiger partial charge in [-0.15, -0.1) is 0 Å². The highest BCUT2D eigenvalue weighted by Gasteiger charge is 2.11. The molecule has 2 N–H and O–H groups in total. The molecule has 0 amide bonds. The molecule has 1 heterocycles. The molecule has 3 heteroatoms. The van der Waals surface area contributed by atoms with Crippen molar-refractivity contribution in [1.29, 1.82) is 0 Å². The van der Waals surface area contributed by atoms with Crippen LogP contribution in [-0.2, 0) is 6.42 Å². The van der Waals surface area contributed by atoms with Crippen LogP contribution in [0.5, 0.6) is 5.75 Å². The van der Waals surface area contributed by atoms with Gasteiger partial charge in [0.05, 0.1) is 6.61 Å². The molecule has 0 bridgehead atoms. The zero-order chi connectivity index (χ0) is 10.5. The Bertz CT molecular complexity index is 325. The Kier molecular flexibility index (Phi) is 3.45. The number of ether oxygens (including phenoxy) is 1. The van der Waals surface area contributed by atoms with Crippen LogP contribution in [0.2, 0.25) is 0 Å². The van der Waals surface area contributed by atoms with Crippen LogP contribution in [-0.4, -0.2) is 26.7 Å². The molecule has 0 aromatic heterocycles. The van der Waals surface area contributed by atoms with Gasteiger partial charge in [-0.25, -0.2) is 0 Å². The van der Waals surface area contributed by atoms with Crippen molar-refractivity contribution in [2.45, 2.75) is 12.8 Å². The topological polar surface area (TPSA) is 33.3 Å². The lowest BCUT2D eigenvalue weighted by Gasteiger charge is -2.07. The van der Waals surface area contributed by atoms with E-state index >= 15 is 0 Å². The number of benzene rings is 1. The van der Waals surface area contributed by atoms with Crippen LogP contribution < -0.4 is 15.4 Å². The fraction of sp³-hybridized carbons (Fsp3) is 0.500. The molecule has 1 aromatic carbocycles. The van der Waals surface area contributed by atoms with Gasteiger partial charge in [-0.1, -0.05) is 0 Å². The highest BCUT2D eigenvalue weighted by Crippen LogP contribution is 2.27. The Morgan fingerprint density at radius 3 is 3.13 bits per heavy atom. The molecule has 0 aliphatic carbocycles. The Morgan fingerprint density at radius 1 is 1.33 bits per heavy atom. The van der Waals surface area contributed by atoms with Gasteiger partial charge in [-0.2, -0.15) is 0 Å². The van der Waals surface area contributed by atoms with E-state index in [1.54, 1.807) is 0 Å². The van der Waals surface area contributed by atoms with Crippen molar-refractivity contribution in [2.75, 3.05) is 32.1 Å². The number of rotatable bonds is 5. The Labute approximate surface area is 90.8 Å². The van der Waals surface area contributed by atoms with Crippen molar-refractivity contribution in [3.63, 3.8) is 0 Å². The van der Waals surface area contributed by atoms with Crippen molar-refractivity contribution in [1.82, 2.24) is 5.32 Å².